The molecule has 0 unspecified atom stereocenters. The molecule has 0 fully saturated rings. The molecule has 0 atom stereocenters. The third-order valence-corrected chi connectivity index (χ3v) is 3.38. The van der Waals surface area contributed by atoms with Gasteiger partial charge >= 0.3 is 5.97 Å². The van der Waals surface area contributed by atoms with Gasteiger partial charge in [-0.25, -0.2) is 4.79 Å². The summed E-state index contributed by atoms with van der Waals surface area (Å²) in [5.41, 5.74) is 1.84. The molecule has 4 rings (SSSR count). The Morgan fingerprint density at radius 1 is 1.23 bits per heavy atom. The molecular formula is C16H10N2O4. The third-order valence-electron chi connectivity index (χ3n) is 3.38. The van der Waals surface area contributed by atoms with Crippen molar-refractivity contribution in [2.75, 3.05) is 0 Å². The van der Waals surface area contributed by atoms with Gasteiger partial charge in [0.15, 0.2) is 5.88 Å². The number of ether oxygens (including phenoxy) is 1. The molecule has 3 heterocycles. The van der Waals surface area contributed by atoms with Gasteiger partial charge in [-0.3, -0.25) is 4.98 Å². The number of furan rings is 1. The number of aromatic nitrogens is 2. The average Bonchev–Trinajstić information content (AvgIpc) is 3.11. The number of aromatic amines is 1. The van der Waals surface area contributed by atoms with Gasteiger partial charge in [0, 0.05) is 23.7 Å². The fourth-order valence-electron chi connectivity index (χ4n) is 2.36. The van der Waals surface area contributed by atoms with Crippen LogP contribution >= 0.6 is 0 Å². The molecule has 6 nitrogen and oxygen atoms in total. The van der Waals surface area contributed by atoms with E-state index in [9.17, 15) is 9.90 Å². The standard InChI is InChI=1S/C16H10N2O4/c19-16(20)11-3-5-17-12-8-14(18-15(11)12)22-10-2-1-9-4-6-21-13(9)7-10/h1-8,18H,(H,19,20). The van der Waals surface area contributed by atoms with Gasteiger partial charge in [0.25, 0.3) is 0 Å². The Morgan fingerprint density at radius 2 is 2.14 bits per heavy atom. The SMILES string of the molecule is O=C(O)c1ccnc2cc(Oc3ccc4ccoc4c3)[nH]c12. The van der Waals surface area contributed by atoms with Gasteiger partial charge in [-0.2, -0.15) is 0 Å². The summed E-state index contributed by atoms with van der Waals surface area (Å²) in [6, 6.07) is 10.4. The Morgan fingerprint density at radius 3 is 3.00 bits per heavy atom. The first kappa shape index (κ1) is 12.5. The molecule has 0 saturated carbocycles. The van der Waals surface area contributed by atoms with Crippen molar-refractivity contribution in [3.63, 3.8) is 0 Å². The number of nitrogens with zero attached hydrogens (tertiary/aromatic N) is 1. The molecule has 0 radical (unpaired) electrons. The quantitative estimate of drug-likeness (QED) is 0.600. The van der Waals surface area contributed by atoms with E-state index in [1.54, 1.807) is 18.4 Å². The molecule has 0 bridgehead atoms. The molecule has 4 aromatic rings. The first-order valence-electron chi connectivity index (χ1n) is 6.57. The molecule has 108 valence electrons. The van der Waals surface area contributed by atoms with Crippen molar-refractivity contribution >= 4 is 28.0 Å². The van der Waals surface area contributed by atoms with Crippen LogP contribution in [0.1, 0.15) is 10.4 Å². The molecule has 2 N–H and O–H groups in total. The Balaban J connectivity index is 1.74. The summed E-state index contributed by atoms with van der Waals surface area (Å²) < 4.78 is 11.1. The van der Waals surface area contributed by atoms with Gasteiger partial charge in [-0.1, -0.05) is 0 Å². The van der Waals surface area contributed by atoms with Crippen LogP contribution in [0, 0.1) is 0 Å². The third kappa shape index (κ3) is 1.98. The zero-order chi connectivity index (χ0) is 15.1. The van der Waals surface area contributed by atoms with E-state index in [0.29, 0.717) is 22.7 Å². The van der Waals surface area contributed by atoms with Gasteiger partial charge in [0.05, 0.1) is 22.9 Å². The maximum absolute atomic E-state index is 11.2. The van der Waals surface area contributed by atoms with Gasteiger partial charge in [-0.15, -0.1) is 0 Å². The number of carboxylic acids is 1. The second-order valence-corrected chi connectivity index (χ2v) is 4.78. The maximum Gasteiger partial charge on any atom is 0.337 e. The summed E-state index contributed by atoms with van der Waals surface area (Å²) in [7, 11) is 0. The molecule has 0 aliphatic rings. The van der Waals surface area contributed by atoms with Crippen LogP contribution in [0.5, 0.6) is 11.6 Å². The number of carbonyl (C=O) groups is 1. The van der Waals surface area contributed by atoms with E-state index in [1.807, 2.05) is 18.2 Å². The van der Waals surface area contributed by atoms with Crippen molar-refractivity contribution in [2.45, 2.75) is 0 Å². The Bertz CT molecular complexity index is 1000. The van der Waals surface area contributed by atoms with Gasteiger partial charge in [-0.05, 0) is 24.3 Å². The minimum atomic E-state index is -1.02. The zero-order valence-electron chi connectivity index (χ0n) is 11.2. The van der Waals surface area contributed by atoms with Gasteiger partial charge in [0.1, 0.15) is 11.3 Å². The molecule has 0 aliphatic carbocycles. The summed E-state index contributed by atoms with van der Waals surface area (Å²) in [6.07, 6.45) is 3.07. The van der Waals surface area contributed by atoms with Crippen LogP contribution in [0.4, 0.5) is 0 Å². The van der Waals surface area contributed by atoms with Crippen molar-refractivity contribution in [3.8, 4) is 11.6 Å². The Kier molecular flexibility index (Phi) is 2.62. The topological polar surface area (TPSA) is 88.3 Å². The van der Waals surface area contributed by atoms with Gasteiger partial charge < -0.3 is 19.2 Å². The predicted octanol–water partition coefficient (Wildman–Crippen LogP) is 3.80. The van der Waals surface area contributed by atoms with Crippen LogP contribution in [0.15, 0.2) is 53.3 Å². The smallest absolute Gasteiger partial charge is 0.337 e. The second-order valence-electron chi connectivity index (χ2n) is 4.78. The number of hydrogen-bond acceptors (Lipinski definition) is 4. The molecule has 0 spiro atoms. The zero-order valence-corrected chi connectivity index (χ0v) is 11.2. The lowest BCUT2D eigenvalue weighted by Crippen LogP contribution is -1.97. The summed E-state index contributed by atoms with van der Waals surface area (Å²) >= 11 is 0. The van der Waals surface area contributed by atoms with E-state index < -0.39 is 5.97 Å². The highest BCUT2D eigenvalue weighted by Gasteiger charge is 2.13. The van der Waals surface area contributed by atoms with Crippen molar-refractivity contribution in [1.29, 1.82) is 0 Å². The number of fused-ring (bicyclic) bond motifs is 2. The monoisotopic (exact) mass is 294 g/mol. The second kappa shape index (κ2) is 4.63. The van der Waals surface area contributed by atoms with E-state index in [1.165, 1.54) is 12.3 Å². The highest BCUT2D eigenvalue weighted by atomic mass is 16.5. The van der Waals surface area contributed by atoms with Crippen molar-refractivity contribution < 1.29 is 19.1 Å². The average molecular weight is 294 g/mol. The van der Waals surface area contributed by atoms with Crippen LogP contribution in [0.2, 0.25) is 0 Å². The Hall–Kier alpha value is -3.28. The molecule has 6 heteroatoms. The molecular weight excluding hydrogens is 284 g/mol. The molecule has 0 amide bonds. The summed E-state index contributed by atoms with van der Waals surface area (Å²) in [6.45, 7) is 0. The molecule has 22 heavy (non-hydrogen) atoms. The van der Waals surface area contributed by atoms with Gasteiger partial charge in [0.2, 0.25) is 0 Å². The van der Waals surface area contributed by atoms with E-state index in [-0.39, 0.29) is 5.56 Å². The van der Waals surface area contributed by atoms with Crippen molar-refractivity contribution in [1.82, 2.24) is 9.97 Å². The molecule has 1 aromatic carbocycles. The van der Waals surface area contributed by atoms with E-state index in [4.69, 9.17) is 9.15 Å². The fraction of sp³-hybridized carbons (Fsp3) is 0. The number of carboxylic acid groups (broad SMARTS) is 1. The van der Waals surface area contributed by atoms with Crippen LogP contribution in [-0.4, -0.2) is 21.0 Å². The summed E-state index contributed by atoms with van der Waals surface area (Å²) in [4.78, 5) is 18.3. The van der Waals surface area contributed by atoms with Crippen LogP contribution < -0.4 is 4.74 Å². The number of benzene rings is 1. The highest BCUT2D eigenvalue weighted by Crippen LogP contribution is 2.28. The van der Waals surface area contributed by atoms with E-state index in [2.05, 4.69) is 9.97 Å². The van der Waals surface area contributed by atoms with E-state index in [0.717, 1.165) is 11.0 Å². The number of nitrogens with one attached hydrogen (secondary N) is 1. The van der Waals surface area contributed by atoms with Crippen LogP contribution in [-0.2, 0) is 0 Å². The molecule has 0 saturated heterocycles. The summed E-state index contributed by atoms with van der Waals surface area (Å²) in [5.74, 6) is -0.00853. The largest absolute Gasteiger partial charge is 0.478 e. The number of rotatable bonds is 3. The lowest BCUT2D eigenvalue weighted by atomic mass is 10.2. The number of pyridine rings is 1. The minimum absolute atomic E-state index is 0.154. The lowest BCUT2D eigenvalue weighted by Gasteiger charge is -2.02. The first-order chi connectivity index (χ1) is 10.7. The molecule has 0 aliphatic heterocycles. The van der Waals surface area contributed by atoms with Crippen molar-refractivity contribution in [2.24, 2.45) is 0 Å². The number of H-pyrrole nitrogens is 1. The number of hydrogen-bond donors (Lipinski definition) is 2. The minimum Gasteiger partial charge on any atom is -0.478 e. The first-order valence-corrected chi connectivity index (χ1v) is 6.57. The fourth-order valence-corrected chi connectivity index (χ4v) is 2.36. The van der Waals surface area contributed by atoms with Crippen LogP contribution in [0.25, 0.3) is 22.0 Å². The predicted molar refractivity (Wildman–Crippen MR) is 79.3 cm³/mol. The van der Waals surface area contributed by atoms with E-state index >= 15 is 0 Å². The maximum atomic E-state index is 11.2. The highest BCUT2D eigenvalue weighted by molar-refractivity contribution is 6.01. The van der Waals surface area contributed by atoms with Crippen LogP contribution in [0.3, 0.4) is 0 Å². The summed E-state index contributed by atoms with van der Waals surface area (Å²) in [5, 5.41) is 10.2. The molecule has 3 aromatic heterocycles. The normalized spacial score (nSPS) is 11.1. The Labute approximate surface area is 124 Å². The van der Waals surface area contributed by atoms with Crippen molar-refractivity contribution in [3.05, 3.63) is 54.4 Å². The number of aromatic carboxylic acids is 1. The lowest BCUT2D eigenvalue weighted by molar-refractivity contribution is 0.0699.